The predicted molar refractivity (Wildman–Crippen MR) is 241 cm³/mol. The van der Waals surface area contributed by atoms with Crippen LogP contribution in [0, 0.1) is 0 Å². The van der Waals surface area contributed by atoms with Gasteiger partial charge in [0.1, 0.15) is 11.2 Å². The lowest BCUT2D eigenvalue weighted by molar-refractivity contribution is 0.590. The molecular formula is C52H38BN3O. The fourth-order valence-electron chi connectivity index (χ4n) is 9.78. The molecular weight excluding hydrogens is 693 g/mol. The molecule has 0 bridgehead atoms. The summed E-state index contributed by atoms with van der Waals surface area (Å²) in [5, 5.41) is 4.83. The minimum Gasteiger partial charge on any atom is -0.456 e. The molecule has 10 aromatic rings. The first kappa shape index (κ1) is 32.3. The van der Waals surface area contributed by atoms with Gasteiger partial charge in [0.15, 0.2) is 0 Å². The second-order valence-corrected chi connectivity index (χ2v) is 16.5. The first-order valence-electron chi connectivity index (χ1n) is 19.9. The number of hydrogen-bond acceptors (Lipinski definition) is 3. The number of aromatic nitrogens is 1. The number of nitrogens with zero attached hydrogens (tertiary/aromatic N) is 3. The van der Waals surface area contributed by atoms with Crippen molar-refractivity contribution in [3.05, 3.63) is 181 Å². The fourth-order valence-corrected chi connectivity index (χ4v) is 9.78. The summed E-state index contributed by atoms with van der Waals surface area (Å²) in [5.74, 6) is 0. The van der Waals surface area contributed by atoms with Crippen molar-refractivity contribution >= 4 is 101 Å². The maximum Gasteiger partial charge on any atom is 0.253 e. The number of para-hydroxylation sites is 5. The van der Waals surface area contributed by atoms with E-state index in [1.54, 1.807) is 0 Å². The van der Waals surface area contributed by atoms with E-state index in [9.17, 15) is 0 Å². The van der Waals surface area contributed by atoms with Crippen molar-refractivity contribution in [3.63, 3.8) is 0 Å². The zero-order chi connectivity index (χ0) is 38.0. The maximum atomic E-state index is 6.65. The number of hydrogen-bond donors (Lipinski definition) is 0. The average Bonchev–Trinajstić information content (AvgIpc) is 3.79. The van der Waals surface area contributed by atoms with Crippen molar-refractivity contribution in [1.82, 2.24) is 4.57 Å². The zero-order valence-corrected chi connectivity index (χ0v) is 32.1. The molecule has 4 heterocycles. The molecule has 2 aliphatic rings. The van der Waals surface area contributed by atoms with E-state index in [1.165, 1.54) is 71.9 Å². The van der Waals surface area contributed by atoms with E-state index < -0.39 is 0 Å². The zero-order valence-electron chi connectivity index (χ0n) is 32.1. The second kappa shape index (κ2) is 11.8. The van der Waals surface area contributed by atoms with E-state index in [-0.39, 0.29) is 12.1 Å². The third-order valence-electron chi connectivity index (χ3n) is 12.3. The van der Waals surface area contributed by atoms with Crippen LogP contribution in [0.5, 0.6) is 0 Å². The number of fused-ring (bicyclic) bond motifs is 11. The van der Waals surface area contributed by atoms with E-state index in [2.05, 4.69) is 211 Å². The molecule has 0 aliphatic carbocycles. The van der Waals surface area contributed by atoms with Gasteiger partial charge < -0.3 is 18.8 Å². The van der Waals surface area contributed by atoms with Gasteiger partial charge in [-0.1, -0.05) is 118 Å². The van der Waals surface area contributed by atoms with Gasteiger partial charge in [-0.2, -0.15) is 0 Å². The summed E-state index contributed by atoms with van der Waals surface area (Å²) in [6.07, 6.45) is 0. The molecule has 4 nitrogen and oxygen atoms in total. The molecule has 0 N–H and O–H groups in total. The van der Waals surface area contributed by atoms with Crippen molar-refractivity contribution in [3.8, 4) is 5.69 Å². The van der Waals surface area contributed by atoms with Gasteiger partial charge in [-0.25, -0.2) is 0 Å². The molecule has 270 valence electrons. The van der Waals surface area contributed by atoms with Crippen LogP contribution in [0.3, 0.4) is 0 Å². The second-order valence-electron chi connectivity index (χ2n) is 16.5. The van der Waals surface area contributed by atoms with Crippen LogP contribution in [0.4, 0.5) is 34.1 Å². The number of furan rings is 1. The molecule has 57 heavy (non-hydrogen) atoms. The molecule has 12 rings (SSSR count). The minimum absolute atomic E-state index is 0.0640. The third kappa shape index (κ3) is 4.57. The van der Waals surface area contributed by atoms with Crippen LogP contribution in [-0.4, -0.2) is 11.3 Å². The number of anilines is 6. The fraction of sp³-hybridized carbons (Fsp3) is 0.0769. The molecule has 0 spiro atoms. The highest BCUT2D eigenvalue weighted by Crippen LogP contribution is 2.48. The Balaban J connectivity index is 1.24. The van der Waals surface area contributed by atoms with E-state index in [0.717, 1.165) is 33.6 Å². The Morgan fingerprint density at radius 1 is 0.439 bits per heavy atom. The third-order valence-corrected chi connectivity index (χ3v) is 12.3. The van der Waals surface area contributed by atoms with Crippen LogP contribution in [0.2, 0.25) is 0 Å². The summed E-state index contributed by atoms with van der Waals surface area (Å²) in [7, 11) is 0. The minimum atomic E-state index is -0.109. The molecule has 0 saturated carbocycles. The van der Waals surface area contributed by atoms with Crippen LogP contribution >= 0.6 is 0 Å². The number of benzene rings is 8. The summed E-state index contributed by atoms with van der Waals surface area (Å²) < 4.78 is 9.09. The molecule has 2 aliphatic heterocycles. The average molecular weight is 732 g/mol. The molecule has 0 radical (unpaired) electrons. The van der Waals surface area contributed by atoms with Gasteiger partial charge in [0.2, 0.25) is 0 Å². The lowest BCUT2D eigenvalue weighted by atomic mass is 9.33. The largest absolute Gasteiger partial charge is 0.456 e. The number of rotatable bonds is 3. The topological polar surface area (TPSA) is 24.6 Å². The normalized spacial score (nSPS) is 13.4. The van der Waals surface area contributed by atoms with Crippen LogP contribution in [0.15, 0.2) is 180 Å². The van der Waals surface area contributed by atoms with Crippen molar-refractivity contribution in [2.45, 2.75) is 26.2 Å². The van der Waals surface area contributed by atoms with Gasteiger partial charge in [0.05, 0.1) is 11.0 Å². The van der Waals surface area contributed by atoms with Crippen molar-refractivity contribution in [2.24, 2.45) is 0 Å². The summed E-state index contributed by atoms with van der Waals surface area (Å²) >= 11 is 0. The monoisotopic (exact) mass is 731 g/mol. The first-order valence-corrected chi connectivity index (χ1v) is 19.9. The summed E-state index contributed by atoms with van der Waals surface area (Å²) in [5.41, 5.74) is 17.4. The lowest BCUT2D eigenvalue weighted by Gasteiger charge is -2.45. The SMILES string of the molecule is CC(C)(C)c1cc2c3c(c1)N(c1ccccc1)c1ccc4oc5ccccc5c4c1B3c1ccc(-n3c4ccccc4c4ccccc43)cc1N2c1ccccc1. The Hall–Kier alpha value is -6.98. The van der Waals surface area contributed by atoms with Gasteiger partial charge in [-0.3, -0.25) is 0 Å². The molecule has 0 amide bonds. The first-order chi connectivity index (χ1) is 27.9. The van der Waals surface area contributed by atoms with E-state index in [0.29, 0.717) is 0 Å². The highest BCUT2D eigenvalue weighted by atomic mass is 16.3. The van der Waals surface area contributed by atoms with E-state index in [1.807, 2.05) is 0 Å². The summed E-state index contributed by atoms with van der Waals surface area (Å²) in [6.45, 7) is 6.92. The summed E-state index contributed by atoms with van der Waals surface area (Å²) in [6, 6.07) is 64.5. The van der Waals surface area contributed by atoms with Gasteiger partial charge in [-0.05, 0) is 106 Å². The van der Waals surface area contributed by atoms with Gasteiger partial charge >= 0.3 is 0 Å². The maximum absolute atomic E-state index is 6.65. The van der Waals surface area contributed by atoms with Gasteiger partial charge in [0.25, 0.3) is 6.71 Å². The van der Waals surface area contributed by atoms with Crippen molar-refractivity contribution in [1.29, 1.82) is 0 Å². The predicted octanol–water partition coefficient (Wildman–Crippen LogP) is 12.1. The molecule has 0 unspecified atom stereocenters. The molecule has 2 aromatic heterocycles. The smallest absolute Gasteiger partial charge is 0.253 e. The summed E-state index contributed by atoms with van der Waals surface area (Å²) in [4.78, 5) is 5.03. The Morgan fingerprint density at radius 2 is 1.00 bits per heavy atom. The standard InChI is InChI=1S/C52H38BN3O/c1-52(2,3)33-30-45-50-46(31-33)55(35-18-8-5-9-19-35)44-32-36(56-41-23-13-10-20-37(41)38-21-11-14-24-42(38)56)26-27-40(44)53(50)51-43(54(45)34-16-6-4-7-17-34)28-29-48-49(51)39-22-12-15-25-47(39)57-48/h4-32H,1-3H3. The van der Waals surface area contributed by atoms with Crippen LogP contribution < -0.4 is 26.2 Å². The van der Waals surface area contributed by atoms with E-state index in [4.69, 9.17) is 4.42 Å². The Kier molecular flexibility index (Phi) is 6.67. The highest BCUT2D eigenvalue weighted by molar-refractivity contribution is 7.01. The van der Waals surface area contributed by atoms with E-state index >= 15 is 0 Å². The van der Waals surface area contributed by atoms with Crippen LogP contribution in [-0.2, 0) is 5.41 Å². The Morgan fingerprint density at radius 3 is 1.63 bits per heavy atom. The van der Waals surface area contributed by atoms with Gasteiger partial charge in [-0.15, -0.1) is 0 Å². The van der Waals surface area contributed by atoms with Crippen LogP contribution in [0.25, 0.3) is 49.4 Å². The van der Waals surface area contributed by atoms with Crippen molar-refractivity contribution < 1.29 is 4.42 Å². The quantitative estimate of drug-likeness (QED) is 0.169. The molecule has 0 atom stereocenters. The van der Waals surface area contributed by atoms with Gasteiger partial charge in [0, 0.05) is 61.4 Å². The lowest BCUT2D eigenvalue weighted by Crippen LogP contribution is -2.61. The molecule has 8 aromatic carbocycles. The van der Waals surface area contributed by atoms with Crippen LogP contribution in [0.1, 0.15) is 26.3 Å². The Labute approximate surface area is 331 Å². The molecule has 0 saturated heterocycles. The highest BCUT2D eigenvalue weighted by Gasteiger charge is 2.45. The Bertz CT molecular complexity index is 3190. The molecule has 5 heteroatoms. The van der Waals surface area contributed by atoms with Crippen molar-refractivity contribution in [2.75, 3.05) is 9.80 Å². The molecule has 0 fully saturated rings.